The molecule has 112 valence electrons. The highest BCUT2D eigenvalue weighted by Gasteiger charge is 2.19. The van der Waals surface area contributed by atoms with Gasteiger partial charge < -0.3 is 10.1 Å². The van der Waals surface area contributed by atoms with Gasteiger partial charge in [-0.3, -0.25) is 9.69 Å². The van der Waals surface area contributed by atoms with Gasteiger partial charge in [-0.25, -0.2) is 0 Å². The van der Waals surface area contributed by atoms with E-state index in [1.165, 1.54) is 5.56 Å². The zero-order valence-corrected chi connectivity index (χ0v) is 13.3. The third kappa shape index (κ3) is 4.06. The van der Waals surface area contributed by atoms with E-state index in [4.69, 9.17) is 4.74 Å². The topological polar surface area (TPSA) is 41.6 Å². The molecule has 0 unspecified atom stereocenters. The van der Waals surface area contributed by atoms with Crippen molar-refractivity contribution in [2.45, 2.75) is 19.5 Å². The minimum atomic E-state index is -0.227. The predicted octanol–water partition coefficient (Wildman–Crippen LogP) is 3.22. The number of hydrogen-bond donors (Lipinski definition) is 1. The molecule has 0 fully saturated rings. The lowest BCUT2D eigenvalue weighted by molar-refractivity contribution is -0.120. The average Bonchev–Trinajstić information content (AvgIpc) is 2.99. The van der Waals surface area contributed by atoms with Gasteiger partial charge in [0.15, 0.2) is 0 Å². The molecule has 0 aliphatic heterocycles. The van der Waals surface area contributed by atoms with Crippen LogP contribution in [0.25, 0.3) is 0 Å². The van der Waals surface area contributed by atoms with Crippen LogP contribution < -0.4 is 10.1 Å². The zero-order chi connectivity index (χ0) is 15.2. The molecule has 0 aliphatic rings. The average molecular weight is 304 g/mol. The lowest BCUT2D eigenvalue weighted by Crippen LogP contribution is -2.39. The Morgan fingerprint density at radius 1 is 1.38 bits per heavy atom. The molecule has 0 saturated heterocycles. The Morgan fingerprint density at radius 2 is 2.14 bits per heavy atom. The first-order chi connectivity index (χ1) is 10.1. The molecule has 1 amide bonds. The second-order valence-electron chi connectivity index (χ2n) is 4.91. The Kier molecular flexibility index (Phi) is 5.36. The van der Waals surface area contributed by atoms with Crippen LogP contribution >= 0.6 is 11.3 Å². The molecular weight excluding hydrogens is 284 g/mol. The van der Waals surface area contributed by atoms with Crippen LogP contribution in [0.5, 0.6) is 5.75 Å². The largest absolute Gasteiger partial charge is 0.495 e. The third-order valence-corrected chi connectivity index (χ3v) is 4.15. The standard InChI is InChI=1S/C16H20N2O2S/c1-12(18(2)10-13-8-9-21-11-13)16(19)17-14-6-4-5-7-15(14)20-3/h4-9,11-12H,10H2,1-3H3,(H,17,19)/t12-/m0/s1. The summed E-state index contributed by atoms with van der Waals surface area (Å²) in [5.41, 5.74) is 1.92. The summed E-state index contributed by atoms with van der Waals surface area (Å²) in [6.07, 6.45) is 0. The Hall–Kier alpha value is -1.85. The van der Waals surface area contributed by atoms with Crippen molar-refractivity contribution in [3.05, 3.63) is 46.7 Å². The van der Waals surface area contributed by atoms with Crippen molar-refractivity contribution < 1.29 is 9.53 Å². The van der Waals surface area contributed by atoms with E-state index in [9.17, 15) is 4.79 Å². The first-order valence-corrected chi connectivity index (χ1v) is 7.71. The van der Waals surface area contributed by atoms with Gasteiger partial charge in [-0.1, -0.05) is 12.1 Å². The number of ether oxygens (including phenoxy) is 1. The van der Waals surface area contributed by atoms with Gasteiger partial charge in [0.25, 0.3) is 0 Å². The fraction of sp³-hybridized carbons (Fsp3) is 0.312. The predicted molar refractivity (Wildman–Crippen MR) is 86.9 cm³/mol. The zero-order valence-electron chi connectivity index (χ0n) is 12.5. The maximum absolute atomic E-state index is 12.3. The van der Waals surface area contributed by atoms with Gasteiger partial charge in [0.1, 0.15) is 5.75 Å². The summed E-state index contributed by atoms with van der Waals surface area (Å²) in [4.78, 5) is 14.4. The van der Waals surface area contributed by atoms with Crippen molar-refractivity contribution in [2.75, 3.05) is 19.5 Å². The van der Waals surface area contributed by atoms with Crippen molar-refractivity contribution >= 4 is 22.9 Å². The molecular formula is C16H20N2O2S. The molecule has 0 aliphatic carbocycles. The summed E-state index contributed by atoms with van der Waals surface area (Å²) in [6, 6.07) is 9.26. The fourth-order valence-corrected chi connectivity index (χ4v) is 2.65. The number of rotatable bonds is 6. The summed E-state index contributed by atoms with van der Waals surface area (Å²) in [6.45, 7) is 2.65. The van der Waals surface area contributed by atoms with Gasteiger partial charge in [-0.15, -0.1) is 0 Å². The molecule has 2 rings (SSSR count). The number of carbonyl (C=O) groups excluding carboxylic acids is 1. The van der Waals surface area contributed by atoms with Gasteiger partial charge in [-0.05, 0) is 48.5 Å². The van der Waals surface area contributed by atoms with E-state index in [-0.39, 0.29) is 11.9 Å². The smallest absolute Gasteiger partial charge is 0.241 e. The van der Waals surface area contributed by atoms with Crippen molar-refractivity contribution in [3.63, 3.8) is 0 Å². The van der Waals surface area contributed by atoms with Gasteiger partial charge in [0.2, 0.25) is 5.91 Å². The summed E-state index contributed by atoms with van der Waals surface area (Å²) in [7, 11) is 3.54. The summed E-state index contributed by atoms with van der Waals surface area (Å²) in [5.74, 6) is 0.621. The Morgan fingerprint density at radius 3 is 2.81 bits per heavy atom. The van der Waals surface area contributed by atoms with E-state index in [1.807, 2.05) is 48.5 Å². The monoisotopic (exact) mass is 304 g/mol. The number of methoxy groups -OCH3 is 1. The second-order valence-corrected chi connectivity index (χ2v) is 5.69. The van der Waals surface area contributed by atoms with E-state index in [2.05, 4.69) is 16.8 Å². The van der Waals surface area contributed by atoms with Crippen LogP contribution in [0.4, 0.5) is 5.69 Å². The molecule has 21 heavy (non-hydrogen) atoms. The van der Waals surface area contributed by atoms with Crippen molar-refractivity contribution in [1.29, 1.82) is 0 Å². The minimum Gasteiger partial charge on any atom is -0.495 e. The quantitative estimate of drug-likeness (QED) is 0.891. The van der Waals surface area contributed by atoms with Gasteiger partial charge in [0, 0.05) is 6.54 Å². The summed E-state index contributed by atoms with van der Waals surface area (Å²) < 4.78 is 5.24. The maximum atomic E-state index is 12.3. The number of carbonyl (C=O) groups is 1. The number of benzene rings is 1. The van der Waals surface area contributed by atoms with Crippen molar-refractivity contribution in [1.82, 2.24) is 4.90 Å². The minimum absolute atomic E-state index is 0.0442. The number of para-hydroxylation sites is 2. The number of likely N-dealkylation sites (N-methyl/N-ethyl adjacent to an activating group) is 1. The van der Waals surface area contributed by atoms with Gasteiger partial charge in [0.05, 0.1) is 18.8 Å². The number of thiophene rings is 1. The Balaban J connectivity index is 1.98. The highest BCUT2D eigenvalue weighted by molar-refractivity contribution is 7.07. The molecule has 2 aromatic rings. The SMILES string of the molecule is COc1ccccc1NC(=O)[C@H](C)N(C)Cc1ccsc1. The van der Waals surface area contributed by atoms with Crippen LogP contribution in [0.15, 0.2) is 41.1 Å². The second kappa shape index (κ2) is 7.24. The lowest BCUT2D eigenvalue weighted by atomic mass is 10.2. The third-order valence-electron chi connectivity index (χ3n) is 3.42. The molecule has 4 nitrogen and oxygen atoms in total. The number of nitrogens with zero attached hydrogens (tertiary/aromatic N) is 1. The normalized spacial score (nSPS) is 12.2. The van der Waals surface area contributed by atoms with E-state index in [1.54, 1.807) is 18.4 Å². The molecule has 1 aromatic carbocycles. The molecule has 0 spiro atoms. The van der Waals surface area contributed by atoms with Crippen LogP contribution in [-0.2, 0) is 11.3 Å². The van der Waals surface area contributed by atoms with E-state index >= 15 is 0 Å². The fourth-order valence-electron chi connectivity index (χ4n) is 1.99. The Labute approximate surface area is 129 Å². The van der Waals surface area contributed by atoms with Crippen molar-refractivity contribution in [3.8, 4) is 5.75 Å². The first-order valence-electron chi connectivity index (χ1n) is 6.77. The van der Waals surface area contributed by atoms with Crippen LogP contribution in [0.2, 0.25) is 0 Å². The van der Waals surface area contributed by atoms with E-state index in [0.717, 1.165) is 6.54 Å². The molecule has 1 N–H and O–H groups in total. The number of anilines is 1. The van der Waals surface area contributed by atoms with E-state index < -0.39 is 0 Å². The molecule has 1 aromatic heterocycles. The Bertz CT molecular complexity index is 584. The maximum Gasteiger partial charge on any atom is 0.241 e. The van der Waals surface area contributed by atoms with Crippen LogP contribution in [0, 0.1) is 0 Å². The number of amides is 1. The van der Waals surface area contributed by atoms with Crippen molar-refractivity contribution in [2.24, 2.45) is 0 Å². The molecule has 1 atom stereocenters. The summed E-state index contributed by atoms with van der Waals surface area (Å²) in [5, 5.41) is 7.06. The lowest BCUT2D eigenvalue weighted by Gasteiger charge is -2.23. The molecule has 0 saturated carbocycles. The van der Waals surface area contributed by atoms with Gasteiger partial charge in [-0.2, -0.15) is 11.3 Å². The highest BCUT2D eigenvalue weighted by atomic mass is 32.1. The first kappa shape index (κ1) is 15.5. The van der Waals surface area contributed by atoms with Gasteiger partial charge >= 0.3 is 0 Å². The summed E-state index contributed by atoms with van der Waals surface area (Å²) >= 11 is 1.67. The molecule has 5 heteroatoms. The molecule has 0 bridgehead atoms. The van der Waals surface area contributed by atoms with Crippen LogP contribution in [-0.4, -0.2) is 31.0 Å². The van der Waals surface area contributed by atoms with Crippen LogP contribution in [0.1, 0.15) is 12.5 Å². The molecule has 1 heterocycles. The van der Waals surface area contributed by atoms with E-state index in [0.29, 0.717) is 11.4 Å². The number of nitrogens with one attached hydrogen (secondary N) is 1. The number of hydrogen-bond acceptors (Lipinski definition) is 4. The molecule has 0 radical (unpaired) electrons. The highest BCUT2D eigenvalue weighted by Crippen LogP contribution is 2.23. The van der Waals surface area contributed by atoms with Crippen LogP contribution in [0.3, 0.4) is 0 Å².